The normalized spacial score (nSPS) is 15.4. The standard InChI is InChI=1S/C19H28N2O5S/c1-4-26-19(23)16-5-7-17(8-6-16)21(27(3,24)25)14-11-18(22)20-12-9-15(2)10-13-20/h5-8,15H,4,9-14H2,1-3H3. The monoisotopic (exact) mass is 396 g/mol. The van der Waals surface area contributed by atoms with E-state index >= 15 is 0 Å². The Morgan fingerprint density at radius 2 is 1.78 bits per heavy atom. The van der Waals surface area contributed by atoms with Crippen molar-refractivity contribution in [2.75, 3.05) is 36.8 Å². The Morgan fingerprint density at radius 1 is 1.19 bits per heavy atom. The summed E-state index contributed by atoms with van der Waals surface area (Å²) >= 11 is 0. The van der Waals surface area contributed by atoms with Crippen LogP contribution in [0.15, 0.2) is 24.3 Å². The van der Waals surface area contributed by atoms with Gasteiger partial charge in [-0.1, -0.05) is 6.92 Å². The Labute approximate surface area is 161 Å². The minimum atomic E-state index is -3.55. The number of benzene rings is 1. The second-order valence-corrected chi connectivity index (χ2v) is 8.82. The molecular formula is C19H28N2O5S. The van der Waals surface area contributed by atoms with E-state index < -0.39 is 16.0 Å². The van der Waals surface area contributed by atoms with Crippen molar-refractivity contribution in [1.82, 2.24) is 4.90 Å². The van der Waals surface area contributed by atoms with E-state index in [9.17, 15) is 18.0 Å². The first-order valence-electron chi connectivity index (χ1n) is 9.25. The van der Waals surface area contributed by atoms with Gasteiger partial charge in [-0.25, -0.2) is 13.2 Å². The van der Waals surface area contributed by atoms with Crippen molar-refractivity contribution < 1.29 is 22.7 Å². The summed E-state index contributed by atoms with van der Waals surface area (Å²) < 4.78 is 30.5. The Hall–Kier alpha value is -2.09. The molecule has 1 fully saturated rings. The quantitative estimate of drug-likeness (QED) is 0.660. The van der Waals surface area contributed by atoms with Gasteiger partial charge in [0, 0.05) is 26.1 Å². The number of carbonyl (C=O) groups is 2. The molecule has 0 spiro atoms. The van der Waals surface area contributed by atoms with Crippen molar-refractivity contribution in [1.29, 1.82) is 0 Å². The number of nitrogens with zero attached hydrogens (tertiary/aromatic N) is 2. The zero-order chi connectivity index (χ0) is 20.0. The van der Waals surface area contributed by atoms with Crippen LogP contribution in [-0.2, 0) is 19.6 Å². The van der Waals surface area contributed by atoms with Gasteiger partial charge >= 0.3 is 5.97 Å². The number of ether oxygens (including phenoxy) is 1. The van der Waals surface area contributed by atoms with Gasteiger partial charge in [-0.05, 0) is 49.9 Å². The van der Waals surface area contributed by atoms with Crippen LogP contribution in [-0.4, -0.2) is 57.7 Å². The van der Waals surface area contributed by atoms with Gasteiger partial charge in [0.15, 0.2) is 0 Å². The van der Waals surface area contributed by atoms with Gasteiger partial charge in [-0.15, -0.1) is 0 Å². The van der Waals surface area contributed by atoms with Gasteiger partial charge in [0.25, 0.3) is 0 Å². The second kappa shape index (κ2) is 9.21. The first-order valence-corrected chi connectivity index (χ1v) is 11.1. The second-order valence-electron chi connectivity index (χ2n) is 6.92. The number of esters is 1. The van der Waals surface area contributed by atoms with Gasteiger partial charge in [0.1, 0.15) is 0 Å². The lowest BCUT2D eigenvalue weighted by molar-refractivity contribution is -0.132. The van der Waals surface area contributed by atoms with Crippen LogP contribution in [0, 0.1) is 5.92 Å². The van der Waals surface area contributed by atoms with E-state index in [1.54, 1.807) is 19.1 Å². The van der Waals surface area contributed by atoms with E-state index in [1.807, 2.05) is 4.90 Å². The predicted octanol–water partition coefficient (Wildman–Crippen LogP) is 2.28. The number of hydrogen-bond donors (Lipinski definition) is 0. The summed E-state index contributed by atoms with van der Waals surface area (Å²) in [6.45, 7) is 5.70. The van der Waals surface area contributed by atoms with Crippen LogP contribution in [0.3, 0.4) is 0 Å². The number of carbonyl (C=O) groups excluding carboxylic acids is 2. The highest BCUT2D eigenvalue weighted by atomic mass is 32.2. The predicted molar refractivity (Wildman–Crippen MR) is 104 cm³/mol. The molecule has 1 aliphatic heterocycles. The van der Waals surface area contributed by atoms with Crippen LogP contribution in [0.25, 0.3) is 0 Å². The summed E-state index contributed by atoms with van der Waals surface area (Å²) in [5, 5.41) is 0. The Balaban J connectivity index is 2.05. The van der Waals surface area contributed by atoms with Crippen LogP contribution in [0.2, 0.25) is 0 Å². The van der Waals surface area contributed by atoms with Crippen LogP contribution >= 0.6 is 0 Å². The van der Waals surface area contributed by atoms with Gasteiger partial charge < -0.3 is 9.64 Å². The van der Waals surface area contributed by atoms with Crippen molar-refractivity contribution in [3.05, 3.63) is 29.8 Å². The van der Waals surface area contributed by atoms with E-state index in [0.29, 0.717) is 17.2 Å². The third kappa shape index (κ3) is 5.95. The molecule has 1 aromatic rings. The number of sulfonamides is 1. The molecule has 27 heavy (non-hydrogen) atoms. The lowest BCUT2D eigenvalue weighted by Gasteiger charge is -2.31. The minimum absolute atomic E-state index is 0.0290. The van der Waals surface area contributed by atoms with Gasteiger partial charge in [-0.3, -0.25) is 9.10 Å². The minimum Gasteiger partial charge on any atom is -0.462 e. The molecule has 150 valence electrons. The van der Waals surface area contributed by atoms with Crippen LogP contribution in [0.5, 0.6) is 0 Å². The van der Waals surface area contributed by atoms with Crippen molar-refractivity contribution in [3.8, 4) is 0 Å². The molecule has 1 heterocycles. The number of rotatable bonds is 7. The molecule has 0 N–H and O–H groups in total. The number of anilines is 1. The summed E-state index contributed by atoms with van der Waals surface area (Å²) in [5.41, 5.74) is 0.776. The number of amides is 1. The van der Waals surface area contributed by atoms with Gasteiger partial charge in [0.05, 0.1) is 24.1 Å². The summed E-state index contributed by atoms with van der Waals surface area (Å²) in [6, 6.07) is 6.17. The largest absolute Gasteiger partial charge is 0.462 e. The number of hydrogen-bond acceptors (Lipinski definition) is 5. The summed E-state index contributed by atoms with van der Waals surface area (Å²) in [7, 11) is -3.55. The zero-order valence-electron chi connectivity index (χ0n) is 16.2. The molecule has 0 aromatic heterocycles. The molecule has 0 atom stereocenters. The molecule has 7 nitrogen and oxygen atoms in total. The summed E-state index contributed by atoms with van der Waals surface area (Å²) in [6.07, 6.45) is 3.20. The van der Waals surface area contributed by atoms with E-state index in [-0.39, 0.29) is 25.5 Å². The van der Waals surface area contributed by atoms with Crippen LogP contribution < -0.4 is 4.31 Å². The average molecular weight is 397 g/mol. The highest BCUT2D eigenvalue weighted by Crippen LogP contribution is 2.21. The van der Waals surface area contributed by atoms with Gasteiger partial charge in [0.2, 0.25) is 15.9 Å². The van der Waals surface area contributed by atoms with Crippen LogP contribution in [0.4, 0.5) is 5.69 Å². The van der Waals surface area contributed by atoms with Gasteiger partial charge in [-0.2, -0.15) is 0 Å². The van der Waals surface area contributed by atoms with E-state index in [1.165, 1.54) is 16.4 Å². The maximum absolute atomic E-state index is 12.4. The third-order valence-electron chi connectivity index (χ3n) is 4.73. The van der Waals surface area contributed by atoms with E-state index in [4.69, 9.17) is 4.74 Å². The fraction of sp³-hybridized carbons (Fsp3) is 0.579. The Kier molecular flexibility index (Phi) is 7.24. The molecule has 1 amide bonds. The Bertz CT molecular complexity index is 753. The maximum Gasteiger partial charge on any atom is 0.338 e. The molecular weight excluding hydrogens is 368 g/mol. The lowest BCUT2D eigenvalue weighted by atomic mass is 9.99. The topological polar surface area (TPSA) is 84.0 Å². The molecule has 1 saturated heterocycles. The molecule has 8 heteroatoms. The van der Waals surface area contributed by atoms with Crippen LogP contribution in [0.1, 0.15) is 43.5 Å². The average Bonchev–Trinajstić information content (AvgIpc) is 2.62. The molecule has 0 saturated carbocycles. The maximum atomic E-state index is 12.4. The molecule has 2 rings (SSSR count). The fourth-order valence-corrected chi connectivity index (χ4v) is 4.01. The highest BCUT2D eigenvalue weighted by Gasteiger charge is 2.23. The molecule has 0 unspecified atom stereocenters. The molecule has 1 aliphatic rings. The molecule has 0 bridgehead atoms. The summed E-state index contributed by atoms with van der Waals surface area (Å²) in [4.78, 5) is 26.0. The third-order valence-corrected chi connectivity index (χ3v) is 5.93. The van der Waals surface area contributed by atoms with E-state index in [0.717, 1.165) is 32.2 Å². The highest BCUT2D eigenvalue weighted by molar-refractivity contribution is 7.92. The smallest absolute Gasteiger partial charge is 0.338 e. The molecule has 0 aliphatic carbocycles. The van der Waals surface area contributed by atoms with Crippen molar-refractivity contribution in [2.45, 2.75) is 33.1 Å². The first-order chi connectivity index (χ1) is 12.7. The SMILES string of the molecule is CCOC(=O)c1ccc(N(CCC(=O)N2CCC(C)CC2)S(C)(=O)=O)cc1. The lowest BCUT2D eigenvalue weighted by Crippen LogP contribution is -2.40. The van der Waals surface area contributed by atoms with Crippen molar-refractivity contribution in [2.24, 2.45) is 5.92 Å². The number of likely N-dealkylation sites (tertiary alicyclic amines) is 1. The fourth-order valence-electron chi connectivity index (χ4n) is 3.08. The molecule has 0 radical (unpaired) electrons. The van der Waals surface area contributed by atoms with E-state index in [2.05, 4.69) is 6.92 Å². The number of piperidine rings is 1. The van der Waals surface area contributed by atoms with Crippen molar-refractivity contribution in [3.63, 3.8) is 0 Å². The van der Waals surface area contributed by atoms with Crippen molar-refractivity contribution >= 4 is 27.6 Å². The zero-order valence-corrected chi connectivity index (χ0v) is 17.0. The molecule has 1 aromatic carbocycles. The summed E-state index contributed by atoms with van der Waals surface area (Å²) in [5.74, 6) is 0.141. The first kappa shape index (κ1) is 21.2. The Morgan fingerprint density at radius 3 is 2.30 bits per heavy atom.